The Morgan fingerprint density at radius 2 is 1.90 bits per heavy atom. The van der Waals surface area contributed by atoms with Gasteiger partial charge in [0, 0.05) is 20.0 Å². The minimum Gasteiger partial charge on any atom is -0.341 e. The summed E-state index contributed by atoms with van der Waals surface area (Å²) in [6.45, 7) is 3.60. The lowest BCUT2D eigenvalue weighted by molar-refractivity contribution is -0.130. The number of benzene rings is 1. The summed E-state index contributed by atoms with van der Waals surface area (Å²) in [6, 6.07) is 10.1. The first-order valence-corrected chi connectivity index (χ1v) is 7.65. The van der Waals surface area contributed by atoms with Crippen LogP contribution in [0.5, 0.6) is 0 Å². The molecule has 0 aliphatic heterocycles. The Morgan fingerprint density at radius 1 is 1.20 bits per heavy atom. The monoisotopic (exact) mass is 276 g/mol. The molecule has 0 saturated carbocycles. The van der Waals surface area contributed by atoms with E-state index < -0.39 is 0 Å². The van der Waals surface area contributed by atoms with Crippen molar-refractivity contribution < 1.29 is 4.79 Å². The van der Waals surface area contributed by atoms with Crippen molar-refractivity contribution in [3.63, 3.8) is 0 Å². The SMILES string of the molecule is CCCC(CCN)CCC(=O)N(C)Cc1ccccc1. The van der Waals surface area contributed by atoms with Crippen molar-refractivity contribution >= 4 is 5.91 Å². The maximum absolute atomic E-state index is 12.2. The van der Waals surface area contributed by atoms with Crippen LogP contribution in [0.25, 0.3) is 0 Å². The highest BCUT2D eigenvalue weighted by atomic mass is 16.2. The number of nitrogens with two attached hydrogens (primary N) is 1. The van der Waals surface area contributed by atoms with Gasteiger partial charge >= 0.3 is 0 Å². The van der Waals surface area contributed by atoms with Crippen molar-refractivity contribution in [2.24, 2.45) is 11.7 Å². The van der Waals surface area contributed by atoms with Crippen molar-refractivity contribution in [1.29, 1.82) is 0 Å². The van der Waals surface area contributed by atoms with E-state index in [1.807, 2.05) is 30.1 Å². The smallest absolute Gasteiger partial charge is 0.222 e. The van der Waals surface area contributed by atoms with Crippen LogP contribution in [-0.4, -0.2) is 24.4 Å². The van der Waals surface area contributed by atoms with E-state index in [1.165, 1.54) is 18.4 Å². The Labute approximate surface area is 123 Å². The average molecular weight is 276 g/mol. The third kappa shape index (κ3) is 6.20. The summed E-state index contributed by atoms with van der Waals surface area (Å²) < 4.78 is 0. The van der Waals surface area contributed by atoms with Gasteiger partial charge in [0.05, 0.1) is 0 Å². The highest BCUT2D eigenvalue weighted by Crippen LogP contribution is 2.18. The summed E-state index contributed by atoms with van der Waals surface area (Å²) in [7, 11) is 1.88. The fourth-order valence-electron chi connectivity index (χ4n) is 2.54. The summed E-state index contributed by atoms with van der Waals surface area (Å²) in [4.78, 5) is 14.0. The zero-order valence-corrected chi connectivity index (χ0v) is 12.8. The standard InChI is InChI=1S/C17H28N2O/c1-3-7-15(12-13-18)10-11-17(20)19(2)14-16-8-5-4-6-9-16/h4-6,8-9,15H,3,7,10-14,18H2,1-2H3. The molecule has 1 rings (SSSR count). The summed E-state index contributed by atoms with van der Waals surface area (Å²) in [5.74, 6) is 0.825. The molecule has 0 bridgehead atoms. The van der Waals surface area contributed by atoms with Crippen molar-refractivity contribution in [3.05, 3.63) is 35.9 Å². The van der Waals surface area contributed by atoms with Crippen LogP contribution in [0.3, 0.4) is 0 Å². The zero-order valence-electron chi connectivity index (χ0n) is 12.8. The van der Waals surface area contributed by atoms with E-state index in [4.69, 9.17) is 5.73 Å². The van der Waals surface area contributed by atoms with E-state index in [-0.39, 0.29) is 5.91 Å². The molecule has 1 amide bonds. The molecule has 0 fully saturated rings. The highest BCUT2D eigenvalue weighted by molar-refractivity contribution is 5.75. The van der Waals surface area contributed by atoms with Gasteiger partial charge in [0.2, 0.25) is 5.91 Å². The molecule has 3 heteroatoms. The van der Waals surface area contributed by atoms with Gasteiger partial charge in [0.1, 0.15) is 0 Å². The number of amides is 1. The van der Waals surface area contributed by atoms with E-state index >= 15 is 0 Å². The molecule has 0 saturated heterocycles. The van der Waals surface area contributed by atoms with Gasteiger partial charge < -0.3 is 10.6 Å². The Hall–Kier alpha value is -1.35. The fourth-order valence-corrected chi connectivity index (χ4v) is 2.54. The minimum absolute atomic E-state index is 0.229. The second-order valence-electron chi connectivity index (χ2n) is 5.51. The van der Waals surface area contributed by atoms with Crippen molar-refractivity contribution in [1.82, 2.24) is 4.90 Å². The number of carbonyl (C=O) groups is 1. The minimum atomic E-state index is 0.229. The molecule has 1 aromatic rings. The van der Waals surface area contributed by atoms with Gasteiger partial charge in [-0.15, -0.1) is 0 Å². The van der Waals surface area contributed by atoms with Gasteiger partial charge in [-0.05, 0) is 30.9 Å². The third-order valence-electron chi connectivity index (χ3n) is 3.73. The van der Waals surface area contributed by atoms with Crippen LogP contribution in [0.4, 0.5) is 0 Å². The number of rotatable bonds is 9. The molecule has 1 aromatic carbocycles. The van der Waals surface area contributed by atoms with Gasteiger partial charge in [0.25, 0.3) is 0 Å². The molecule has 0 radical (unpaired) electrons. The largest absolute Gasteiger partial charge is 0.341 e. The maximum atomic E-state index is 12.2. The van der Waals surface area contributed by atoms with E-state index in [0.717, 1.165) is 19.4 Å². The molecule has 0 spiro atoms. The lowest BCUT2D eigenvalue weighted by Gasteiger charge is -2.20. The van der Waals surface area contributed by atoms with Crippen molar-refractivity contribution in [3.8, 4) is 0 Å². The molecule has 20 heavy (non-hydrogen) atoms. The van der Waals surface area contributed by atoms with Crippen LogP contribution < -0.4 is 5.73 Å². The Balaban J connectivity index is 2.37. The number of hydrogen-bond acceptors (Lipinski definition) is 2. The van der Waals surface area contributed by atoms with E-state index in [1.54, 1.807) is 0 Å². The summed E-state index contributed by atoms with van der Waals surface area (Å²) in [6.07, 6.45) is 4.96. The first kappa shape index (κ1) is 16.7. The van der Waals surface area contributed by atoms with Crippen LogP contribution in [0.1, 0.15) is 44.6 Å². The molecular formula is C17H28N2O. The Morgan fingerprint density at radius 3 is 2.50 bits per heavy atom. The predicted molar refractivity (Wildman–Crippen MR) is 84.2 cm³/mol. The lowest BCUT2D eigenvalue weighted by atomic mass is 9.94. The normalized spacial score (nSPS) is 12.2. The summed E-state index contributed by atoms with van der Waals surface area (Å²) >= 11 is 0. The van der Waals surface area contributed by atoms with E-state index in [9.17, 15) is 4.79 Å². The Kier molecular flexibility index (Phi) is 7.97. The quantitative estimate of drug-likeness (QED) is 0.753. The molecule has 0 aliphatic rings. The molecule has 3 nitrogen and oxygen atoms in total. The summed E-state index contributed by atoms with van der Waals surface area (Å²) in [5, 5.41) is 0. The molecular weight excluding hydrogens is 248 g/mol. The fraction of sp³-hybridized carbons (Fsp3) is 0.588. The van der Waals surface area contributed by atoms with Gasteiger partial charge in [-0.1, -0.05) is 50.1 Å². The van der Waals surface area contributed by atoms with Crippen LogP contribution in [0.2, 0.25) is 0 Å². The molecule has 2 N–H and O–H groups in total. The second-order valence-corrected chi connectivity index (χ2v) is 5.51. The zero-order chi connectivity index (χ0) is 14.8. The topological polar surface area (TPSA) is 46.3 Å². The van der Waals surface area contributed by atoms with Crippen LogP contribution in [-0.2, 0) is 11.3 Å². The van der Waals surface area contributed by atoms with Gasteiger partial charge in [-0.25, -0.2) is 0 Å². The van der Waals surface area contributed by atoms with Crippen LogP contribution in [0.15, 0.2) is 30.3 Å². The Bertz CT molecular complexity index is 372. The molecule has 1 atom stereocenters. The number of nitrogens with zero attached hydrogens (tertiary/aromatic N) is 1. The first-order chi connectivity index (χ1) is 9.67. The van der Waals surface area contributed by atoms with Gasteiger partial charge in [0.15, 0.2) is 0 Å². The lowest BCUT2D eigenvalue weighted by Crippen LogP contribution is -2.26. The van der Waals surface area contributed by atoms with E-state index in [2.05, 4.69) is 19.1 Å². The van der Waals surface area contributed by atoms with E-state index in [0.29, 0.717) is 18.9 Å². The predicted octanol–water partition coefficient (Wildman–Crippen LogP) is 3.19. The van der Waals surface area contributed by atoms with Gasteiger partial charge in [-0.3, -0.25) is 4.79 Å². The van der Waals surface area contributed by atoms with Crippen molar-refractivity contribution in [2.45, 2.75) is 45.6 Å². The van der Waals surface area contributed by atoms with Crippen molar-refractivity contribution in [2.75, 3.05) is 13.6 Å². The number of carbonyl (C=O) groups excluding carboxylic acids is 1. The maximum Gasteiger partial charge on any atom is 0.222 e. The molecule has 0 aliphatic carbocycles. The van der Waals surface area contributed by atoms with Crippen LogP contribution >= 0.6 is 0 Å². The molecule has 112 valence electrons. The third-order valence-corrected chi connectivity index (χ3v) is 3.73. The average Bonchev–Trinajstić information content (AvgIpc) is 2.46. The summed E-state index contributed by atoms with van der Waals surface area (Å²) in [5.41, 5.74) is 6.81. The number of hydrogen-bond donors (Lipinski definition) is 1. The van der Waals surface area contributed by atoms with Gasteiger partial charge in [-0.2, -0.15) is 0 Å². The highest BCUT2D eigenvalue weighted by Gasteiger charge is 2.13. The molecule has 0 aromatic heterocycles. The second kappa shape index (κ2) is 9.54. The molecule has 1 unspecified atom stereocenters. The van der Waals surface area contributed by atoms with Crippen LogP contribution in [0, 0.1) is 5.92 Å². The molecule has 0 heterocycles. The first-order valence-electron chi connectivity index (χ1n) is 7.65.